The van der Waals surface area contributed by atoms with Crippen LogP contribution in [0.3, 0.4) is 0 Å². The van der Waals surface area contributed by atoms with Crippen LogP contribution in [0.15, 0.2) is 109 Å². The van der Waals surface area contributed by atoms with Crippen LogP contribution in [0.25, 0.3) is 16.9 Å². The number of rotatable bonds is 4. The number of nitro groups is 1. The summed E-state index contributed by atoms with van der Waals surface area (Å²) in [6.45, 7) is 0. The number of hydrogen-bond donors (Lipinski definition) is 2. The molecule has 170 valence electrons. The van der Waals surface area contributed by atoms with E-state index in [4.69, 9.17) is 5.10 Å². The highest BCUT2D eigenvalue weighted by molar-refractivity contribution is 5.84. The van der Waals surface area contributed by atoms with Crippen molar-refractivity contribution in [2.24, 2.45) is 0 Å². The zero-order chi connectivity index (χ0) is 23.8. The van der Waals surface area contributed by atoms with Crippen LogP contribution in [0.5, 0.6) is 0 Å². The van der Waals surface area contributed by atoms with Crippen LogP contribution in [-0.4, -0.2) is 14.7 Å². The quantitative estimate of drug-likeness (QED) is 0.231. The highest BCUT2D eigenvalue weighted by Crippen LogP contribution is 2.45. The molecule has 2 N–H and O–H groups in total. The molecular weight excluding hydrogens is 438 g/mol. The Morgan fingerprint density at radius 2 is 1.40 bits per heavy atom. The molecule has 1 aliphatic heterocycles. The fraction of sp³-hybridized carbons (Fsp3) is 0.0357. The number of anilines is 3. The second-order valence-corrected chi connectivity index (χ2v) is 8.32. The maximum absolute atomic E-state index is 11.3. The van der Waals surface area contributed by atoms with Gasteiger partial charge in [0.05, 0.1) is 28.0 Å². The van der Waals surface area contributed by atoms with Gasteiger partial charge in [0, 0.05) is 23.3 Å². The number of nitro benzene ring substituents is 1. The van der Waals surface area contributed by atoms with Gasteiger partial charge in [-0.15, -0.1) is 0 Å². The van der Waals surface area contributed by atoms with Crippen LogP contribution in [0, 0.1) is 10.1 Å². The SMILES string of the molecule is O=[N+]([O-])c1ccc([C@H]2Nc3ccccc3Nc3c2c(-c2ccccc2)nn3-c2ccccc2)cc1. The minimum Gasteiger partial charge on any atom is -0.372 e. The van der Waals surface area contributed by atoms with Gasteiger partial charge >= 0.3 is 0 Å². The van der Waals surface area contributed by atoms with Crippen molar-refractivity contribution in [1.29, 1.82) is 0 Å². The van der Waals surface area contributed by atoms with Crippen molar-refractivity contribution in [2.75, 3.05) is 10.6 Å². The van der Waals surface area contributed by atoms with E-state index in [1.165, 1.54) is 0 Å². The molecule has 4 aromatic carbocycles. The van der Waals surface area contributed by atoms with E-state index < -0.39 is 0 Å². The van der Waals surface area contributed by atoms with Crippen molar-refractivity contribution in [3.63, 3.8) is 0 Å². The number of nitrogens with one attached hydrogen (secondary N) is 2. The summed E-state index contributed by atoms with van der Waals surface area (Å²) in [5.74, 6) is 0.843. The maximum Gasteiger partial charge on any atom is 0.269 e. The standard InChI is InChI=1S/C28H21N5O2/c34-33(35)22-17-15-20(16-18-22)26-25-27(19-9-3-1-4-10-19)31-32(21-11-5-2-6-12-21)28(25)30-24-14-8-7-13-23(24)29-26/h1-18,26,29-30H/t26-/m1/s1. The Kier molecular flexibility index (Phi) is 5.00. The molecule has 7 nitrogen and oxygen atoms in total. The van der Waals surface area contributed by atoms with E-state index >= 15 is 0 Å². The van der Waals surface area contributed by atoms with Crippen molar-refractivity contribution in [2.45, 2.75) is 6.04 Å². The van der Waals surface area contributed by atoms with Crippen LogP contribution in [0.1, 0.15) is 17.2 Å². The molecular formula is C28H21N5O2. The molecule has 0 fully saturated rings. The summed E-state index contributed by atoms with van der Waals surface area (Å²) in [5.41, 5.74) is 6.54. The van der Waals surface area contributed by atoms with Gasteiger partial charge in [-0.25, -0.2) is 4.68 Å². The lowest BCUT2D eigenvalue weighted by Gasteiger charge is -2.20. The van der Waals surface area contributed by atoms with Gasteiger partial charge in [-0.3, -0.25) is 10.1 Å². The smallest absolute Gasteiger partial charge is 0.269 e. The molecule has 6 rings (SSSR count). The first kappa shape index (κ1) is 20.7. The summed E-state index contributed by atoms with van der Waals surface area (Å²) >= 11 is 0. The monoisotopic (exact) mass is 459 g/mol. The molecule has 0 saturated heterocycles. The third kappa shape index (κ3) is 3.69. The normalized spacial score (nSPS) is 14.1. The predicted molar refractivity (Wildman–Crippen MR) is 137 cm³/mol. The Balaban J connectivity index is 1.63. The van der Waals surface area contributed by atoms with Crippen molar-refractivity contribution >= 4 is 22.9 Å². The lowest BCUT2D eigenvalue weighted by Crippen LogP contribution is -2.12. The first-order chi connectivity index (χ1) is 17.2. The van der Waals surface area contributed by atoms with Crippen LogP contribution in [0.4, 0.5) is 22.9 Å². The summed E-state index contributed by atoms with van der Waals surface area (Å²) in [7, 11) is 0. The first-order valence-electron chi connectivity index (χ1n) is 11.3. The van der Waals surface area contributed by atoms with Gasteiger partial charge in [-0.2, -0.15) is 5.10 Å². The third-order valence-corrected chi connectivity index (χ3v) is 6.18. The lowest BCUT2D eigenvalue weighted by molar-refractivity contribution is -0.384. The van der Waals surface area contributed by atoms with Crippen LogP contribution < -0.4 is 10.6 Å². The molecule has 1 aromatic heterocycles. The second-order valence-electron chi connectivity index (χ2n) is 8.32. The minimum atomic E-state index is -0.380. The van der Waals surface area contributed by atoms with Crippen molar-refractivity contribution in [1.82, 2.24) is 9.78 Å². The van der Waals surface area contributed by atoms with E-state index in [9.17, 15) is 10.1 Å². The van der Waals surface area contributed by atoms with Gasteiger partial charge in [0.2, 0.25) is 0 Å². The summed E-state index contributed by atoms with van der Waals surface area (Å²) < 4.78 is 1.93. The molecule has 0 bridgehead atoms. The van der Waals surface area contributed by atoms with E-state index in [1.807, 2.05) is 102 Å². The van der Waals surface area contributed by atoms with Crippen LogP contribution >= 0.6 is 0 Å². The molecule has 2 heterocycles. The second kappa shape index (κ2) is 8.46. The van der Waals surface area contributed by atoms with Crippen molar-refractivity contribution < 1.29 is 4.92 Å². The topological polar surface area (TPSA) is 85.0 Å². The van der Waals surface area contributed by atoms with Gasteiger partial charge in [-0.1, -0.05) is 60.7 Å². The largest absolute Gasteiger partial charge is 0.372 e. The summed E-state index contributed by atoms with van der Waals surface area (Å²) in [5, 5.41) is 23.6. The first-order valence-corrected chi connectivity index (χ1v) is 11.3. The van der Waals surface area contributed by atoms with Gasteiger partial charge in [0.15, 0.2) is 0 Å². The molecule has 1 atom stereocenters. The molecule has 5 aromatic rings. The molecule has 0 amide bonds. The number of hydrogen-bond acceptors (Lipinski definition) is 5. The zero-order valence-electron chi connectivity index (χ0n) is 18.6. The molecule has 7 heteroatoms. The molecule has 1 aliphatic rings. The van der Waals surface area contributed by atoms with Crippen molar-refractivity contribution in [3.8, 4) is 16.9 Å². The maximum atomic E-state index is 11.3. The lowest BCUT2D eigenvalue weighted by atomic mass is 9.95. The van der Waals surface area contributed by atoms with E-state index in [0.29, 0.717) is 0 Å². The fourth-order valence-corrected chi connectivity index (χ4v) is 4.50. The Morgan fingerprint density at radius 3 is 2.09 bits per heavy atom. The van der Waals surface area contributed by atoms with E-state index in [-0.39, 0.29) is 16.7 Å². The zero-order valence-corrected chi connectivity index (χ0v) is 18.6. The number of non-ortho nitro benzene ring substituents is 1. The number of nitrogens with zero attached hydrogens (tertiary/aromatic N) is 3. The molecule has 0 saturated carbocycles. The third-order valence-electron chi connectivity index (χ3n) is 6.18. The number of fused-ring (bicyclic) bond motifs is 2. The predicted octanol–water partition coefficient (Wildman–Crippen LogP) is 6.71. The summed E-state index contributed by atoms with van der Waals surface area (Å²) in [6.07, 6.45) is 0. The van der Waals surface area contributed by atoms with E-state index in [2.05, 4.69) is 10.6 Å². The number of aromatic nitrogens is 2. The van der Waals surface area contributed by atoms with Gasteiger partial charge in [0.25, 0.3) is 5.69 Å². The average Bonchev–Trinajstić information content (AvgIpc) is 3.19. The molecule has 0 radical (unpaired) electrons. The molecule has 0 spiro atoms. The van der Waals surface area contributed by atoms with E-state index in [1.54, 1.807) is 12.1 Å². The summed E-state index contributed by atoms with van der Waals surface area (Å²) in [6, 6.07) is 34.5. The average molecular weight is 460 g/mol. The Hall–Kier alpha value is -4.91. The van der Waals surface area contributed by atoms with Crippen molar-refractivity contribution in [3.05, 3.63) is 130 Å². The fourth-order valence-electron chi connectivity index (χ4n) is 4.50. The Morgan fingerprint density at radius 1 is 0.771 bits per heavy atom. The molecule has 0 unspecified atom stereocenters. The number of benzene rings is 4. The van der Waals surface area contributed by atoms with Crippen LogP contribution in [0.2, 0.25) is 0 Å². The Bertz CT molecular complexity index is 1510. The molecule has 0 aliphatic carbocycles. The Labute approximate surface area is 201 Å². The highest BCUT2D eigenvalue weighted by atomic mass is 16.6. The summed E-state index contributed by atoms with van der Waals surface area (Å²) in [4.78, 5) is 10.9. The van der Waals surface area contributed by atoms with Gasteiger partial charge in [0.1, 0.15) is 11.5 Å². The van der Waals surface area contributed by atoms with Gasteiger partial charge < -0.3 is 10.6 Å². The minimum absolute atomic E-state index is 0.0596. The van der Waals surface area contributed by atoms with Crippen LogP contribution in [-0.2, 0) is 0 Å². The molecule has 35 heavy (non-hydrogen) atoms. The number of para-hydroxylation sites is 3. The van der Waals surface area contributed by atoms with Gasteiger partial charge in [-0.05, 0) is 42.0 Å². The highest BCUT2D eigenvalue weighted by Gasteiger charge is 2.31. The van der Waals surface area contributed by atoms with E-state index in [0.717, 1.165) is 45.3 Å².